The number of rotatable bonds is 7. The average molecular weight is 212 g/mol. The molecule has 1 aromatic heterocycles. The lowest BCUT2D eigenvalue weighted by Gasteiger charge is -2.08. The Labute approximate surface area is 90.8 Å². The predicted octanol–water partition coefficient (Wildman–Crippen LogP) is 3.62. The Morgan fingerprint density at radius 2 is 2.21 bits per heavy atom. The van der Waals surface area contributed by atoms with Crippen molar-refractivity contribution in [3.8, 4) is 0 Å². The van der Waals surface area contributed by atoms with E-state index in [1.807, 2.05) is 0 Å². The zero-order chi connectivity index (χ0) is 10.2. The van der Waals surface area contributed by atoms with Gasteiger partial charge in [0.2, 0.25) is 0 Å². The Morgan fingerprint density at radius 3 is 2.86 bits per heavy atom. The molecule has 1 N–H and O–H groups in total. The average Bonchev–Trinajstić information content (AvgIpc) is 2.65. The lowest BCUT2D eigenvalue weighted by Crippen LogP contribution is -2.09. The van der Waals surface area contributed by atoms with E-state index in [0.717, 1.165) is 12.8 Å². The number of unbranched alkanes of at least 4 members (excludes halogenated alkanes) is 3. The van der Waals surface area contributed by atoms with Crippen LogP contribution in [0.15, 0.2) is 16.8 Å². The van der Waals surface area contributed by atoms with Crippen LogP contribution in [0.25, 0.3) is 0 Å². The zero-order valence-electron chi connectivity index (χ0n) is 8.91. The molecule has 1 unspecified atom stereocenters. The fraction of sp³-hybridized carbons (Fsp3) is 0.667. The monoisotopic (exact) mass is 212 g/mol. The summed E-state index contributed by atoms with van der Waals surface area (Å²) in [5.74, 6) is 0. The Hall–Kier alpha value is -0.340. The summed E-state index contributed by atoms with van der Waals surface area (Å²) in [5, 5.41) is 13.9. The first-order valence-corrected chi connectivity index (χ1v) is 6.46. The van der Waals surface area contributed by atoms with Gasteiger partial charge in [0.1, 0.15) is 0 Å². The second kappa shape index (κ2) is 7.02. The number of aliphatic hydroxyl groups excluding tert-OH is 1. The van der Waals surface area contributed by atoms with Gasteiger partial charge >= 0.3 is 0 Å². The van der Waals surface area contributed by atoms with Crippen LogP contribution >= 0.6 is 11.3 Å². The normalized spacial score (nSPS) is 13.0. The number of aliphatic hydroxyl groups is 1. The van der Waals surface area contributed by atoms with E-state index in [2.05, 4.69) is 23.8 Å². The Kier molecular flexibility index (Phi) is 5.88. The van der Waals surface area contributed by atoms with Crippen LogP contribution in [0.1, 0.15) is 44.6 Å². The van der Waals surface area contributed by atoms with Crippen LogP contribution in [0.2, 0.25) is 0 Å². The van der Waals surface area contributed by atoms with Crippen LogP contribution in [-0.2, 0) is 6.42 Å². The van der Waals surface area contributed by atoms with Gasteiger partial charge in [-0.05, 0) is 35.2 Å². The summed E-state index contributed by atoms with van der Waals surface area (Å²) in [6.45, 7) is 2.21. The first-order chi connectivity index (χ1) is 6.83. The molecule has 1 atom stereocenters. The fourth-order valence-corrected chi connectivity index (χ4v) is 2.27. The highest BCUT2D eigenvalue weighted by molar-refractivity contribution is 7.07. The lowest BCUT2D eigenvalue weighted by molar-refractivity contribution is 0.161. The molecule has 14 heavy (non-hydrogen) atoms. The third-order valence-corrected chi connectivity index (χ3v) is 3.17. The standard InChI is InChI=1S/C12H20OS/c1-2-3-4-5-6-12(13)9-11-7-8-14-10-11/h7-8,10,12-13H,2-6,9H2,1H3. The summed E-state index contributed by atoms with van der Waals surface area (Å²) >= 11 is 1.70. The topological polar surface area (TPSA) is 20.2 Å². The van der Waals surface area contributed by atoms with Crippen molar-refractivity contribution in [2.45, 2.75) is 51.6 Å². The van der Waals surface area contributed by atoms with Gasteiger partial charge in [-0.2, -0.15) is 11.3 Å². The molecule has 0 spiro atoms. The highest BCUT2D eigenvalue weighted by atomic mass is 32.1. The summed E-state index contributed by atoms with van der Waals surface area (Å²) in [6, 6.07) is 2.10. The number of thiophene rings is 1. The predicted molar refractivity (Wildman–Crippen MR) is 62.8 cm³/mol. The Bertz CT molecular complexity index is 218. The molecule has 0 bridgehead atoms. The molecule has 0 fully saturated rings. The van der Waals surface area contributed by atoms with Gasteiger partial charge in [0.25, 0.3) is 0 Å². The van der Waals surface area contributed by atoms with Crippen LogP contribution in [0, 0.1) is 0 Å². The first-order valence-electron chi connectivity index (χ1n) is 5.52. The molecule has 0 amide bonds. The maximum atomic E-state index is 9.72. The first kappa shape index (κ1) is 11.7. The van der Waals surface area contributed by atoms with E-state index in [4.69, 9.17) is 0 Å². The molecule has 0 aliphatic rings. The maximum absolute atomic E-state index is 9.72. The molecule has 80 valence electrons. The molecule has 0 aliphatic carbocycles. The van der Waals surface area contributed by atoms with E-state index in [9.17, 15) is 5.11 Å². The van der Waals surface area contributed by atoms with Crippen molar-refractivity contribution in [1.29, 1.82) is 0 Å². The third-order valence-electron chi connectivity index (χ3n) is 2.44. The molecule has 0 radical (unpaired) electrons. The number of hydrogen-bond acceptors (Lipinski definition) is 2. The van der Waals surface area contributed by atoms with E-state index in [0.29, 0.717) is 0 Å². The van der Waals surface area contributed by atoms with Crippen molar-refractivity contribution in [2.24, 2.45) is 0 Å². The summed E-state index contributed by atoms with van der Waals surface area (Å²) in [7, 11) is 0. The molecule has 0 aliphatic heterocycles. The van der Waals surface area contributed by atoms with Crippen LogP contribution < -0.4 is 0 Å². The Morgan fingerprint density at radius 1 is 1.36 bits per heavy atom. The van der Waals surface area contributed by atoms with Crippen molar-refractivity contribution in [2.75, 3.05) is 0 Å². The van der Waals surface area contributed by atoms with Gasteiger partial charge in [-0.25, -0.2) is 0 Å². The Balaban J connectivity index is 2.07. The molecule has 1 nitrogen and oxygen atoms in total. The fourth-order valence-electron chi connectivity index (χ4n) is 1.59. The van der Waals surface area contributed by atoms with Crippen molar-refractivity contribution >= 4 is 11.3 Å². The largest absolute Gasteiger partial charge is 0.393 e. The summed E-state index contributed by atoms with van der Waals surface area (Å²) < 4.78 is 0. The van der Waals surface area contributed by atoms with E-state index in [1.54, 1.807) is 11.3 Å². The highest BCUT2D eigenvalue weighted by Crippen LogP contribution is 2.12. The minimum atomic E-state index is -0.138. The lowest BCUT2D eigenvalue weighted by atomic mass is 10.0. The third kappa shape index (κ3) is 4.77. The number of hydrogen-bond donors (Lipinski definition) is 1. The van der Waals surface area contributed by atoms with Crippen LogP contribution in [-0.4, -0.2) is 11.2 Å². The van der Waals surface area contributed by atoms with Gasteiger partial charge in [-0.1, -0.05) is 32.6 Å². The van der Waals surface area contributed by atoms with Gasteiger partial charge in [-0.15, -0.1) is 0 Å². The second-order valence-corrected chi connectivity index (χ2v) is 4.62. The minimum Gasteiger partial charge on any atom is -0.393 e. The van der Waals surface area contributed by atoms with Gasteiger partial charge in [-0.3, -0.25) is 0 Å². The van der Waals surface area contributed by atoms with E-state index in [-0.39, 0.29) is 6.10 Å². The van der Waals surface area contributed by atoms with E-state index < -0.39 is 0 Å². The smallest absolute Gasteiger partial charge is 0.0580 e. The molecule has 1 aromatic rings. The molecule has 0 saturated heterocycles. The van der Waals surface area contributed by atoms with Crippen molar-refractivity contribution < 1.29 is 5.11 Å². The van der Waals surface area contributed by atoms with Gasteiger partial charge in [0.05, 0.1) is 6.10 Å². The van der Waals surface area contributed by atoms with Crippen LogP contribution in [0.5, 0.6) is 0 Å². The zero-order valence-corrected chi connectivity index (χ0v) is 9.72. The molecule has 0 saturated carbocycles. The molecular formula is C12H20OS. The van der Waals surface area contributed by atoms with Gasteiger partial charge < -0.3 is 5.11 Å². The second-order valence-electron chi connectivity index (χ2n) is 3.84. The highest BCUT2D eigenvalue weighted by Gasteiger charge is 2.05. The minimum absolute atomic E-state index is 0.138. The van der Waals surface area contributed by atoms with E-state index in [1.165, 1.54) is 31.2 Å². The molecule has 0 aromatic carbocycles. The summed E-state index contributed by atoms with van der Waals surface area (Å²) in [6.07, 6.45) is 6.63. The molecule has 2 heteroatoms. The van der Waals surface area contributed by atoms with Crippen molar-refractivity contribution in [1.82, 2.24) is 0 Å². The van der Waals surface area contributed by atoms with Gasteiger partial charge in [0.15, 0.2) is 0 Å². The van der Waals surface area contributed by atoms with Crippen LogP contribution in [0.3, 0.4) is 0 Å². The SMILES string of the molecule is CCCCCCC(O)Cc1ccsc1. The van der Waals surface area contributed by atoms with Crippen molar-refractivity contribution in [3.63, 3.8) is 0 Å². The van der Waals surface area contributed by atoms with Gasteiger partial charge in [0, 0.05) is 0 Å². The van der Waals surface area contributed by atoms with Crippen LogP contribution in [0.4, 0.5) is 0 Å². The summed E-state index contributed by atoms with van der Waals surface area (Å²) in [4.78, 5) is 0. The van der Waals surface area contributed by atoms with E-state index >= 15 is 0 Å². The molecule has 1 rings (SSSR count). The summed E-state index contributed by atoms with van der Waals surface area (Å²) in [5.41, 5.74) is 1.28. The maximum Gasteiger partial charge on any atom is 0.0580 e. The van der Waals surface area contributed by atoms with Crippen molar-refractivity contribution in [3.05, 3.63) is 22.4 Å². The molecular weight excluding hydrogens is 192 g/mol. The quantitative estimate of drug-likeness (QED) is 0.684. The molecule has 1 heterocycles.